The Morgan fingerprint density at radius 2 is 1.97 bits per heavy atom. The van der Waals surface area contributed by atoms with Crippen LogP contribution in [0, 0.1) is 0 Å². The molecule has 0 spiro atoms. The second-order valence-electron chi connectivity index (χ2n) is 6.72. The largest absolute Gasteiger partial charge is 0.481 e. The van der Waals surface area contributed by atoms with Gasteiger partial charge in [0.25, 0.3) is 5.91 Å². The Kier molecular flexibility index (Phi) is 6.96. The number of nitrogens with one attached hydrogen (secondary N) is 1. The molecule has 3 aromatic rings. The van der Waals surface area contributed by atoms with E-state index < -0.39 is 16.1 Å². The van der Waals surface area contributed by atoms with Crippen LogP contribution in [-0.4, -0.2) is 43.9 Å². The Hall–Kier alpha value is -2.92. The van der Waals surface area contributed by atoms with Gasteiger partial charge in [-0.05, 0) is 43.3 Å². The van der Waals surface area contributed by atoms with Gasteiger partial charge in [-0.1, -0.05) is 33.2 Å². The Bertz CT molecular complexity index is 1160. The molecule has 31 heavy (non-hydrogen) atoms. The lowest BCUT2D eigenvalue weighted by molar-refractivity contribution is -0.127. The van der Waals surface area contributed by atoms with Gasteiger partial charge in [0.1, 0.15) is 5.75 Å². The predicted molar refractivity (Wildman–Crippen MR) is 119 cm³/mol. The van der Waals surface area contributed by atoms with Crippen LogP contribution in [0.4, 0.5) is 5.69 Å². The van der Waals surface area contributed by atoms with E-state index in [0.717, 1.165) is 20.6 Å². The van der Waals surface area contributed by atoms with Crippen molar-refractivity contribution in [3.8, 4) is 17.1 Å². The van der Waals surface area contributed by atoms with Crippen molar-refractivity contribution < 1.29 is 22.5 Å². The van der Waals surface area contributed by atoms with Gasteiger partial charge in [0.05, 0.1) is 18.5 Å². The quantitative estimate of drug-likeness (QED) is 0.497. The van der Waals surface area contributed by atoms with Gasteiger partial charge in [-0.3, -0.25) is 9.10 Å². The summed E-state index contributed by atoms with van der Waals surface area (Å²) in [5.74, 6) is 0.764. The molecule has 0 saturated heterocycles. The molecular weight excluding hydrogens is 488 g/mol. The van der Waals surface area contributed by atoms with E-state index in [1.807, 2.05) is 24.3 Å². The third-order valence-corrected chi connectivity index (χ3v) is 6.04. The maximum atomic E-state index is 12.3. The molecule has 0 aliphatic heterocycles. The first-order valence-electron chi connectivity index (χ1n) is 9.20. The molecule has 0 saturated carbocycles. The van der Waals surface area contributed by atoms with Gasteiger partial charge in [0.2, 0.25) is 21.7 Å². The highest BCUT2D eigenvalue weighted by atomic mass is 79.9. The molecule has 0 aliphatic rings. The normalized spacial score (nSPS) is 12.3. The van der Waals surface area contributed by atoms with Crippen molar-refractivity contribution in [3.05, 3.63) is 58.9 Å². The van der Waals surface area contributed by atoms with Crippen LogP contribution in [0.15, 0.2) is 57.5 Å². The van der Waals surface area contributed by atoms with Gasteiger partial charge in [0, 0.05) is 17.1 Å². The van der Waals surface area contributed by atoms with Gasteiger partial charge in [0.15, 0.2) is 6.10 Å². The third kappa shape index (κ3) is 6.05. The van der Waals surface area contributed by atoms with Crippen LogP contribution in [0.25, 0.3) is 11.4 Å². The number of benzene rings is 2. The minimum absolute atomic E-state index is 0.0611. The Labute approximate surface area is 188 Å². The van der Waals surface area contributed by atoms with Crippen molar-refractivity contribution in [2.24, 2.45) is 0 Å². The summed E-state index contributed by atoms with van der Waals surface area (Å²) in [7, 11) is -1.89. The molecule has 1 atom stereocenters. The lowest BCUT2D eigenvalue weighted by atomic mass is 10.2. The highest BCUT2D eigenvalue weighted by molar-refractivity contribution is 9.10. The molecule has 3 rings (SSSR count). The first-order valence-corrected chi connectivity index (χ1v) is 11.8. The fraction of sp³-hybridized carbons (Fsp3) is 0.250. The van der Waals surface area contributed by atoms with E-state index in [1.165, 1.54) is 7.05 Å². The van der Waals surface area contributed by atoms with Crippen molar-refractivity contribution in [2.45, 2.75) is 19.6 Å². The predicted octanol–water partition coefficient (Wildman–Crippen LogP) is 2.98. The monoisotopic (exact) mass is 508 g/mol. The summed E-state index contributed by atoms with van der Waals surface area (Å²) < 4.78 is 36.0. The first-order chi connectivity index (χ1) is 14.6. The second-order valence-corrected chi connectivity index (χ2v) is 9.65. The molecule has 2 aromatic carbocycles. The van der Waals surface area contributed by atoms with Crippen LogP contribution in [0.3, 0.4) is 0 Å². The molecule has 0 bridgehead atoms. The van der Waals surface area contributed by atoms with Crippen molar-refractivity contribution in [1.82, 2.24) is 15.5 Å². The minimum atomic E-state index is -3.35. The van der Waals surface area contributed by atoms with Gasteiger partial charge >= 0.3 is 0 Å². The number of halogens is 1. The van der Waals surface area contributed by atoms with Crippen LogP contribution < -0.4 is 14.4 Å². The zero-order chi connectivity index (χ0) is 22.6. The zero-order valence-corrected chi connectivity index (χ0v) is 19.5. The van der Waals surface area contributed by atoms with E-state index in [9.17, 15) is 13.2 Å². The molecule has 9 nitrogen and oxygen atoms in total. The van der Waals surface area contributed by atoms with Crippen LogP contribution in [0.5, 0.6) is 5.75 Å². The fourth-order valence-corrected chi connectivity index (χ4v) is 3.47. The fourth-order valence-electron chi connectivity index (χ4n) is 2.56. The number of nitrogens with zero attached hydrogens (tertiary/aromatic N) is 3. The highest BCUT2D eigenvalue weighted by Gasteiger charge is 2.17. The lowest BCUT2D eigenvalue weighted by Crippen LogP contribution is -2.36. The van der Waals surface area contributed by atoms with Crippen molar-refractivity contribution in [2.75, 3.05) is 17.6 Å². The number of anilines is 1. The number of rotatable bonds is 8. The molecule has 1 N–H and O–H groups in total. The van der Waals surface area contributed by atoms with E-state index in [2.05, 4.69) is 31.4 Å². The number of aromatic nitrogens is 2. The van der Waals surface area contributed by atoms with Gasteiger partial charge in [-0.15, -0.1) is 0 Å². The van der Waals surface area contributed by atoms with E-state index in [1.54, 1.807) is 31.2 Å². The van der Waals surface area contributed by atoms with E-state index in [0.29, 0.717) is 17.3 Å². The summed E-state index contributed by atoms with van der Waals surface area (Å²) in [6, 6.07) is 13.9. The number of sulfonamides is 1. The summed E-state index contributed by atoms with van der Waals surface area (Å²) >= 11 is 3.39. The van der Waals surface area contributed by atoms with Crippen LogP contribution >= 0.6 is 15.9 Å². The molecule has 1 heterocycles. The number of ether oxygens (including phenoxy) is 1. The summed E-state index contributed by atoms with van der Waals surface area (Å²) in [6.45, 7) is 1.66. The smallest absolute Gasteiger partial charge is 0.261 e. The molecule has 1 aromatic heterocycles. The second kappa shape index (κ2) is 9.48. The van der Waals surface area contributed by atoms with Crippen molar-refractivity contribution in [1.29, 1.82) is 0 Å². The minimum Gasteiger partial charge on any atom is -0.481 e. The first kappa shape index (κ1) is 22.8. The zero-order valence-electron chi connectivity index (χ0n) is 17.1. The van der Waals surface area contributed by atoms with Gasteiger partial charge < -0.3 is 14.6 Å². The number of carbonyl (C=O) groups is 1. The molecule has 11 heteroatoms. The van der Waals surface area contributed by atoms with Crippen LogP contribution in [0.2, 0.25) is 0 Å². The maximum absolute atomic E-state index is 12.3. The highest BCUT2D eigenvalue weighted by Crippen LogP contribution is 2.22. The van der Waals surface area contributed by atoms with Crippen LogP contribution in [0.1, 0.15) is 12.8 Å². The molecule has 1 unspecified atom stereocenters. The van der Waals surface area contributed by atoms with E-state index in [4.69, 9.17) is 9.26 Å². The molecule has 164 valence electrons. The van der Waals surface area contributed by atoms with E-state index >= 15 is 0 Å². The number of hydrogen-bond acceptors (Lipinski definition) is 7. The number of carbonyl (C=O) groups excluding carboxylic acids is 1. The van der Waals surface area contributed by atoms with Gasteiger partial charge in [-0.2, -0.15) is 4.98 Å². The average molecular weight is 509 g/mol. The SMILES string of the molecule is CC(Oc1ccc(N(C)S(C)(=O)=O)cc1)C(=O)NCc1nc(-c2cccc(Br)c2)no1. The topological polar surface area (TPSA) is 115 Å². The Morgan fingerprint density at radius 3 is 2.61 bits per heavy atom. The Morgan fingerprint density at radius 1 is 1.26 bits per heavy atom. The van der Waals surface area contributed by atoms with E-state index in [-0.39, 0.29) is 18.3 Å². The lowest BCUT2D eigenvalue weighted by Gasteiger charge is -2.18. The standard InChI is InChI=1S/C20H21BrN4O5S/c1-13(29-17-9-7-16(8-10-17)25(2)31(3,27)28)20(26)22-12-18-23-19(24-30-18)14-5-4-6-15(21)11-14/h4-11,13H,12H2,1-3H3,(H,22,26). The van der Waals surface area contributed by atoms with Crippen LogP contribution in [-0.2, 0) is 21.4 Å². The van der Waals surface area contributed by atoms with Crippen molar-refractivity contribution in [3.63, 3.8) is 0 Å². The third-order valence-electron chi connectivity index (χ3n) is 4.34. The van der Waals surface area contributed by atoms with Gasteiger partial charge in [-0.25, -0.2) is 8.42 Å². The molecular formula is C20H21BrN4O5S. The van der Waals surface area contributed by atoms with Crippen molar-refractivity contribution >= 4 is 37.5 Å². The summed E-state index contributed by atoms with van der Waals surface area (Å²) in [5, 5.41) is 6.61. The average Bonchev–Trinajstić information content (AvgIpc) is 3.20. The number of amides is 1. The molecule has 0 radical (unpaired) electrons. The maximum Gasteiger partial charge on any atom is 0.261 e. The summed E-state index contributed by atoms with van der Waals surface area (Å²) in [5.41, 5.74) is 1.28. The number of hydrogen-bond donors (Lipinski definition) is 1. The molecule has 0 aliphatic carbocycles. The summed E-state index contributed by atoms with van der Waals surface area (Å²) in [4.78, 5) is 16.6. The summed E-state index contributed by atoms with van der Waals surface area (Å²) in [6.07, 6.45) is 0.334. The molecule has 0 fully saturated rings. The Balaban J connectivity index is 1.54. The molecule has 1 amide bonds.